The van der Waals surface area contributed by atoms with Crippen LogP contribution in [-0.2, 0) is 9.59 Å². The highest BCUT2D eigenvalue weighted by Crippen LogP contribution is 2.41. The number of halogens is 1. The highest BCUT2D eigenvalue weighted by atomic mass is 32.1. The van der Waals surface area contributed by atoms with Crippen molar-refractivity contribution in [3.8, 4) is 0 Å². The molecule has 3 aliphatic rings. The molecule has 1 saturated heterocycles. The lowest BCUT2D eigenvalue weighted by Crippen LogP contribution is -2.50. The normalized spacial score (nSPS) is 27.4. The van der Waals surface area contributed by atoms with E-state index in [1.54, 1.807) is 12.1 Å². The van der Waals surface area contributed by atoms with E-state index in [0.29, 0.717) is 31.0 Å². The number of carbonyl (C=O) groups excluding carboxylic acids is 2. The Kier molecular flexibility index (Phi) is 8.33. The Labute approximate surface area is 226 Å². The van der Waals surface area contributed by atoms with E-state index >= 15 is 0 Å². The summed E-state index contributed by atoms with van der Waals surface area (Å²) in [6.45, 7) is 0.0586. The van der Waals surface area contributed by atoms with E-state index in [-0.39, 0.29) is 34.4 Å². The van der Waals surface area contributed by atoms with Gasteiger partial charge >= 0.3 is 5.97 Å². The van der Waals surface area contributed by atoms with Crippen LogP contribution in [0.4, 0.5) is 10.1 Å². The van der Waals surface area contributed by atoms with E-state index in [0.717, 1.165) is 42.2 Å². The molecule has 2 aromatic rings. The number of fused-ring (bicyclic) bond motifs is 1. The molecule has 9 heteroatoms. The van der Waals surface area contributed by atoms with E-state index in [2.05, 4.69) is 5.32 Å². The maximum atomic E-state index is 13.8. The third-order valence-electron chi connectivity index (χ3n) is 9.15. The largest absolute Gasteiger partial charge is 0.477 e. The summed E-state index contributed by atoms with van der Waals surface area (Å²) in [5, 5.41) is 13.2. The van der Waals surface area contributed by atoms with Gasteiger partial charge in [0.05, 0.1) is 0 Å². The first kappa shape index (κ1) is 27.1. The third-order valence-corrected chi connectivity index (χ3v) is 10.3. The van der Waals surface area contributed by atoms with Gasteiger partial charge in [0.15, 0.2) is 0 Å². The molecule has 1 aliphatic heterocycles. The SMILES string of the molecule is N[C@H](CF)C1CCC(C(=O)N2CC[C@H](C3CCCCC3)[C@H]2C(=O)Nc2ccc3sc(C(=O)O)cc3c2)CC1. The Morgan fingerprint density at radius 2 is 1.79 bits per heavy atom. The number of carbonyl (C=O) groups is 3. The molecule has 2 amide bonds. The monoisotopic (exact) mass is 543 g/mol. The Balaban J connectivity index is 1.34. The molecule has 3 fully saturated rings. The van der Waals surface area contributed by atoms with E-state index < -0.39 is 24.7 Å². The molecule has 5 rings (SSSR count). The lowest BCUT2D eigenvalue weighted by molar-refractivity contribution is -0.142. The summed E-state index contributed by atoms with van der Waals surface area (Å²) in [6, 6.07) is 6.10. The predicted molar refractivity (Wildman–Crippen MR) is 147 cm³/mol. The Morgan fingerprint density at radius 3 is 2.47 bits per heavy atom. The van der Waals surface area contributed by atoms with Crippen LogP contribution in [0.5, 0.6) is 0 Å². The van der Waals surface area contributed by atoms with Crippen molar-refractivity contribution in [2.45, 2.75) is 76.3 Å². The number of nitrogens with two attached hydrogens (primary N) is 1. The van der Waals surface area contributed by atoms with Crippen molar-refractivity contribution in [1.29, 1.82) is 0 Å². The van der Waals surface area contributed by atoms with Gasteiger partial charge in [0.2, 0.25) is 11.8 Å². The fraction of sp³-hybridized carbons (Fsp3) is 0.621. The van der Waals surface area contributed by atoms with Crippen LogP contribution in [0, 0.1) is 23.7 Å². The smallest absolute Gasteiger partial charge is 0.345 e. The van der Waals surface area contributed by atoms with E-state index in [1.165, 1.54) is 30.6 Å². The Hall–Kier alpha value is -2.52. The van der Waals surface area contributed by atoms with Gasteiger partial charge in [0.25, 0.3) is 0 Å². The van der Waals surface area contributed by atoms with Gasteiger partial charge in [-0.3, -0.25) is 9.59 Å². The van der Waals surface area contributed by atoms with Crippen LogP contribution in [0.3, 0.4) is 0 Å². The topological polar surface area (TPSA) is 113 Å². The molecule has 0 bridgehead atoms. The number of hydrogen-bond donors (Lipinski definition) is 3. The number of anilines is 1. The molecule has 38 heavy (non-hydrogen) atoms. The van der Waals surface area contributed by atoms with Crippen molar-refractivity contribution in [1.82, 2.24) is 4.90 Å². The lowest BCUT2D eigenvalue weighted by Gasteiger charge is -2.36. The average molecular weight is 544 g/mol. The van der Waals surface area contributed by atoms with Crippen molar-refractivity contribution in [3.05, 3.63) is 29.1 Å². The first-order valence-corrected chi connectivity index (χ1v) is 14.9. The number of amides is 2. The van der Waals surface area contributed by atoms with Crippen LogP contribution in [-0.4, -0.2) is 53.1 Å². The minimum atomic E-state index is -0.965. The van der Waals surface area contributed by atoms with Crippen molar-refractivity contribution < 1.29 is 23.9 Å². The fourth-order valence-electron chi connectivity index (χ4n) is 7.05. The number of carboxylic acids is 1. The number of nitrogens with one attached hydrogen (secondary N) is 1. The number of likely N-dealkylation sites (tertiary alicyclic amines) is 1. The Bertz CT molecular complexity index is 1170. The summed E-state index contributed by atoms with van der Waals surface area (Å²) < 4.78 is 13.9. The van der Waals surface area contributed by atoms with Crippen LogP contribution < -0.4 is 11.1 Å². The standard InChI is InChI=1S/C29H38FN3O4S/c30-16-23(31)18-6-8-19(9-7-18)28(35)33-13-12-22(17-4-2-1-3-5-17)26(33)27(34)32-21-10-11-24-20(14-21)15-25(38-24)29(36)37/h10-11,14-15,17-19,22-23,26H,1-9,12-13,16,31H2,(H,32,34)(H,36,37)/t18?,19?,22-,23-,26+/m1/s1. The number of benzene rings is 1. The quantitative estimate of drug-likeness (QED) is 0.431. The summed E-state index contributed by atoms with van der Waals surface area (Å²) in [7, 11) is 0. The first-order valence-electron chi connectivity index (χ1n) is 14.1. The number of rotatable bonds is 7. The maximum Gasteiger partial charge on any atom is 0.345 e. The van der Waals surface area contributed by atoms with Gasteiger partial charge in [0, 0.05) is 28.9 Å². The molecule has 2 heterocycles. The van der Waals surface area contributed by atoms with E-state index in [4.69, 9.17) is 5.73 Å². The summed E-state index contributed by atoms with van der Waals surface area (Å²) >= 11 is 1.21. The second-order valence-corrected chi connectivity index (χ2v) is 12.5. The highest BCUT2D eigenvalue weighted by Gasteiger charge is 2.47. The molecule has 206 valence electrons. The summed E-state index contributed by atoms with van der Waals surface area (Å²) in [5.74, 6) is -0.525. The number of alkyl halides is 1. The van der Waals surface area contributed by atoms with E-state index in [9.17, 15) is 23.9 Å². The van der Waals surface area contributed by atoms with Crippen LogP contribution >= 0.6 is 11.3 Å². The first-order chi connectivity index (χ1) is 18.4. The van der Waals surface area contributed by atoms with Gasteiger partial charge < -0.3 is 21.1 Å². The molecule has 1 aromatic heterocycles. The number of carboxylic acid groups (broad SMARTS) is 1. The average Bonchev–Trinajstić information content (AvgIpc) is 3.58. The minimum absolute atomic E-state index is 0.0510. The number of hydrogen-bond acceptors (Lipinski definition) is 5. The van der Waals surface area contributed by atoms with Crippen LogP contribution in [0.25, 0.3) is 10.1 Å². The lowest BCUT2D eigenvalue weighted by atomic mass is 9.76. The van der Waals surface area contributed by atoms with Gasteiger partial charge in [0.1, 0.15) is 17.6 Å². The van der Waals surface area contributed by atoms with E-state index in [1.807, 2.05) is 17.0 Å². The van der Waals surface area contributed by atoms with Crippen molar-refractivity contribution in [2.24, 2.45) is 29.4 Å². The molecule has 0 spiro atoms. The van der Waals surface area contributed by atoms with Gasteiger partial charge in [-0.2, -0.15) is 0 Å². The molecular weight excluding hydrogens is 505 g/mol. The van der Waals surface area contributed by atoms with Crippen molar-refractivity contribution in [2.75, 3.05) is 18.5 Å². The zero-order valence-electron chi connectivity index (χ0n) is 21.7. The third kappa shape index (κ3) is 5.59. The molecule has 7 nitrogen and oxygen atoms in total. The Morgan fingerprint density at radius 1 is 1.05 bits per heavy atom. The summed E-state index contributed by atoms with van der Waals surface area (Å²) in [5.41, 5.74) is 6.54. The zero-order valence-corrected chi connectivity index (χ0v) is 22.6. The zero-order chi connectivity index (χ0) is 26.8. The second kappa shape index (κ2) is 11.7. The van der Waals surface area contributed by atoms with Crippen LogP contribution in [0.2, 0.25) is 0 Å². The van der Waals surface area contributed by atoms with Gasteiger partial charge in [-0.05, 0) is 79.5 Å². The minimum Gasteiger partial charge on any atom is -0.477 e. The molecular formula is C29H38FN3O4S. The van der Waals surface area contributed by atoms with Gasteiger partial charge in [-0.15, -0.1) is 11.3 Å². The molecule has 0 radical (unpaired) electrons. The maximum absolute atomic E-state index is 13.8. The molecule has 1 aromatic carbocycles. The number of nitrogens with zero attached hydrogens (tertiary/aromatic N) is 1. The van der Waals surface area contributed by atoms with Gasteiger partial charge in [-0.25, -0.2) is 9.18 Å². The fourth-order valence-corrected chi connectivity index (χ4v) is 7.93. The summed E-state index contributed by atoms with van der Waals surface area (Å²) in [4.78, 5) is 41.1. The molecule has 4 N–H and O–H groups in total. The predicted octanol–water partition coefficient (Wildman–Crippen LogP) is 5.44. The highest BCUT2D eigenvalue weighted by molar-refractivity contribution is 7.20. The molecule has 0 unspecified atom stereocenters. The van der Waals surface area contributed by atoms with Crippen LogP contribution in [0.1, 0.15) is 73.9 Å². The molecule has 3 atom stereocenters. The molecule has 2 saturated carbocycles. The van der Waals surface area contributed by atoms with Gasteiger partial charge in [-0.1, -0.05) is 32.1 Å². The number of thiophene rings is 1. The van der Waals surface area contributed by atoms with Crippen LogP contribution in [0.15, 0.2) is 24.3 Å². The summed E-state index contributed by atoms with van der Waals surface area (Å²) in [6.07, 6.45) is 9.48. The second-order valence-electron chi connectivity index (χ2n) is 11.4. The van der Waals surface area contributed by atoms with Crippen molar-refractivity contribution in [3.63, 3.8) is 0 Å². The molecule has 2 aliphatic carbocycles. The van der Waals surface area contributed by atoms with Crippen molar-refractivity contribution >= 4 is 44.9 Å². The number of aromatic carboxylic acids is 1.